The van der Waals surface area contributed by atoms with E-state index < -0.39 is 0 Å². The molecule has 0 unspecified atom stereocenters. The van der Waals surface area contributed by atoms with Crippen molar-refractivity contribution in [1.29, 1.82) is 0 Å². The maximum absolute atomic E-state index is 12.1. The Labute approximate surface area is 99.4 Å². The van der Waals surface area contributed by atoms with Crippen LogP contribution in [0.3, 0.4) is 0 Å². The number of hydrogen-bond donors (Lipinski definition) is 1. The van der Waals surface area contributed by atoms with Crippen LogP contribution in [0.2, 0.25) is 0 Å². The molecule has 3 heteroatoms. The summed E-state index contributed by atoms with van der Waals surface area (Å²) >= 11 is 0. The number of fused-ring (bicyclic) bond motifs is 3. The summed E-state index contributed by atoms with van der Waals surface area (Å²) in [7, 11) is 0. The van der Waals surface area contributed by atoms with Crippen LogP contribution in [0.25, 0.3) is 10.9 Å². The number of hydrogen-bond acceptors (Lipinski definition) is 2. The van der Waals surface area contributed by atoms with Crippen LogP contribution in [0.4, 0.5) is 0 Å². The van der Waals surface area contributed by atoms with Gasteiger partial charge in [0.05, 0.1) is 5.52 Å². The van der Waals surface area contributed by atoms with Gasteiger partial charge in [-0.1, -0.05) is 18.2 Å². The predicted octanol–water partition coefficient (Wildman–Crippen LogP) is 2.26. The molecule has 0 aliphatic carbocycles. The Morgan fingerprint density at radius 3 is 3.06 bits per heavy atom. The second kappa shape index (κ2) is 3.20. The predicted molar refractivity (Wildman–Crippen MR) is 66.2 cm³/mol. The van der Waals surface area contributed by atoms with Crippen LogP contribution in [0.1, 0.15) is 34.9 Å². The first kappa shape index (κ1) is 9.42. The zero-order chi connectivity index (χ0) is 11.4. The van der Waals surface area contributed by atoms with E-state index in [1.165, 1.54) is 16.6 Å². The van der Waals surface area contributed by atoms with Crippen molar-refractivity contribution in [2.24, 2.45) is 0 Å². The number of aromatic nitrogens is 1. The Balaban J connectivity index is 2.17. The van der Waals surface area contributed by atoms with Crippen molar-refractivity contribution in [3.8, 4) is 0 Å². The van der Waals surface area contributed by atoms with Gasteiger partial charge >= 0.3 is 0 Å². The van der Waals surface area contributed by atoms with Gasteiger partial charge in [-0.15, -0.1) is 0 Å². The van der Waals surface area contributed by atoms with Crippen LogP contribution in [0.15, 0.2) is 24.3 Å². The van der Waals surface area contributed by atoms with Crippen LogP contribution in [0, 0.1) is 0 Å². The summed E-state index contributed by atoms with van der Waals surface area (Å²) in [6.07, 6.45) is 2.64. The van der Waals surface area contributed by atoms with Gasteiger partial charge in [-0.2, -0.15) is 0 Å². The fourth-order valence-electron chi connectivity index (χ4n) is 3.31. The standard InChI is InChI=1S/C14H14N2O/c17-13-6-5-11-14-10(7-8-15-11)9-3-1-2-4-12(9)16(13)14/h1-4,11,15H,5-8H2/t11-/m1/s1. The summed E-state index contributed by atoms with van der Waals surface area (Å²) in [4.78, 5) is 12.1. The zero-order valence-electron chi connectivity index (χ0n) is 9.57. The van der Waals surface area contributed by atoms with Crippen molar-refractivity contribution in [3.63, 3.8) is 0 Å². The molecule has 0 fully saturated rings. The molecule has 1 atom stereocenters. The van der Waals surface area contributed by atoms with Crippen LogP contribution in [-0.4, -0.2) is 17.0 Å². The van der Waals surface area contributed by atoms with Crippen LogP contribution < -0.4 is 5.32 Å². The van der Waals surface area contributed by atoms with Gasteiger partial charge < -0.3 is 5.32 Å². The molecule has 2 aliphatic rings. The van der Waals surface area contributed by atoms with E-state index >= 15 is 0 Å². The number of carbonyl (C=O) groups excluding carboxylic acids is 1. The lowest BCUT2D eigenvalue weighted by molar-refractivity contribution is 0.0874. The molecule has 3 heterocycles. The quantitative estimate of drug-likeness (QED) is 0.747. The Hall–Kier alpha value is -1.61. The lowest BCUT2D eigenvalue weighted by atomic mass is 9.94. The monoisotopic (exact) mass is 226 g/mol. The highest BCUT2D eigenvalue weighted by atomic mass is 16.2. The van der Waals surface area contributed by atoms with E-state index in [0.29, 0.717) is 12.5 Å². The molecule has 0 radical (unpaired) electrons. The largest absolute Gasteiger partial charge is 0.308 e. The Morgan fingerprint density at radius 2 is 2.12 bits per heavy atom. The molecule has 1 aromatic carbocycles. The SMILES string of the molecule is O=C1CC[C@H]2NCCc3c2n1c1ccccc31. The molecule has 1 aromatic heterocycles. The van der Waals surface area contributed by atoms with Gasteiger partial charge in [0.1, 0.15) is 0 Å². The summed E-state index contributed by atoms with van der Waals surface area (Å²) in [6.45, 7) is 1.03. The van der Waals surface area contributed by atoms with E-state index in [0.717, 1.165) is 24.9 Å². The van der Waals surface area contributed by atoms with Crippen molar-refractivity contribution < 1.29 is 4.79 Å². The van der Waals surface area contributed by atoms with Crippen molar-refractivity contribution >= 4 is 16.8 Å². The Bertz CT molecular complexity index is 626. The van der Waals surface area contributed by atoms with Gasteiger partial charge in [-0.05, 0) is 31.0 Å². The number of nitrogens with zero attached hydrogens (tertiary/aromatic N) is 1. The smallest absolute Gasteiger partial charge is 0.231 e. The molecule has 2 aliphatic heterocycles. The van der Waals surface area contributed by atoms with Crippen LogP contribution in [-0.2, 0) is 6.42 Å². The second-order valence-corrected chi connectivity index (χ2v) is 4.91. The molecule has 4 rings (SSSR count). The van der Waals surface area contributed by atoms with Gasteiger partial charge in [0.2, 0.25) is 5.91 Å². The summed E-state index contributed by atoms with van der Waals surface area (Å²) < 4.78 is 1.95. The zero-order valence-corrected chi connectivity index (χ0v) is 9.57. The molecule has 2 aromatic rings. The van der Waals surface area contributed by atoms with E-state index in [1.54, 1.807) is 0 Å². The fraction of sp³-hybridized carbons (Fsp3) is 0.357. The van der Waals surface area contributed by atoms with Gasteiger partial charge in [0.25, 0.3) is 0 Å². The summed E-state index contributed by atoms with van der Waals surface area (Å²) in [5, 5.41) is 4.79. The molecule has 0 saturated carbocycles. The molecule has 3 nitrogen and oxygen atoms in total. The third-order valence-electron chi connectivity index (χ3n) is 4.01. The second-order valence-electron chi connectivity index (χ2n) is 4.91. The van der Waals surface area contributed by atoms with Crippen molar-refractivity contribution in [1.82, 2.24) is 9.88 Å². The minimum atomic E-state index is 0.252. The molecular weight excluding hydrogens is 212 g/mol. The first-order valence-electron chi connectivity index (χ1n) is 6.25. The number of rotatable bonds is 0. The summed E-state index contributed by atoms with van der Waals surface area (Å²) in [5.74, 6) is 0.252. The molecule has 86 valence electrons. The van der Waals surface area contributed by atoms with Gasteiger partial charge in [0, 0.05) is 23.5 Å². The highest BCUT2D eigenvalue weighted by molar-refractivity contribution is 5.97. The highest BCUT2D eigenvalue weighted by Gasteiger charge is 2.33. The van der Waals surface area contributed by atoms with E-state index in [4.69, 9.17) is 0 Å². The average Bonchev–Trinajstić information content (AvgIpc) is 2.71. The van der Waals surface area contributed by atoms with Gasteiger partial charge in [-0.3, -0.25) is 9.36 Å². The van der Waals surface area contributed by atoms with E-state index in [9.17, 15) is 4.79 Å². The molecular formula is C14H14N2O. The number of benzene rings is 1. The molecule has 17 heavy (non-hydrogen) atoms. The molecule has 0 bridgehead atoms. The van der Waals surface area contributed by atoms with E-state index in [1.807, 2.05) is 10.6 Å². The third-order valence-corrected chi connectivity index (χ3v) is 4.01. The van der Waals surface area contributed by atoms with Crippen molar-refractivity contribution in [3.05, 3.63) is 35.5 Å². The highest BCUT2D eigenvalue weighted by Crippen LogP contribution is 2.37. The van der Waals surface area contributed by atoms with E-state index in [2.05, 4.69) is 23.5 Å². The van der Waals surface area contributed by atoms with E-state index in [-0.39, 0.29) is 5.91 Å². The minimum absolute atomic E-state index is 0.252. The molecule has 0 amide bonds. The van der Waals surface area contributed by atoms with Gasteiger partial charge in [0.15, 0.2) is 0 Å². The number of para-hydroxylation sites is 1. The molecule has 0 spiro atoms. The maximum Gasteiger partial charge on any atom is 0.231 e. The Kier molecular flexibility index (Phi) is 1.77. The Morgan fingerprint density at radius 1 is 1.24 bits per heavy atom. The average molecular weight is 226 g/mol. The first-order valence-corrected chi connectivity index (χ1v) is 6.25. The van der Waals surface area contributed by atoms with Gasteiger partial charge in [-0.25, -0.2) is 0 Å². The van der Waals surface area contributed by atoms with Crippen molar-refractivity contribution in [2.45, 2.75) is 25.3 Å². The molecule has 0 saturated heterocycles. The first-order chi connectivity index (χ1) is 8.36. The molecule has 1 N–H and O–H groups in total. The lowest BCUT2D eigenvalue weighted by Gasteiger charge is -2.29. The van der Waals surface area contributed by atoms with Crippen LogP contribution >= 0.6 is 0 Å². The lowest BCUT2D eigenvalue weighted by Crippen LogP contribution is -2.36. The van der Waals surface area contributed by atoms with Crippen LogP contribution in [0.5, 0.6) is 0 Å². The maximum atomic E-state index is 12.1. The summed E-state index contributed by atoms with van der Waals surface area (Å²) in [5.41, 5.74) is 3.71. The minimum Gasteiger partial charge on any atom is -0.308 e. The fourth-order valence-corrected chi connectivity index (χ4v) is 3.31. The summed E-state index contributed by atoms with van der Waals surface area (Å²) in [6, 6.07) is 8.66. The normalized spacial score (nSPS) is 22.8. The third kappa shape index (κ3) is 1.12. The number of nitrogens with one attached hydrogen (secondary N) is 1. The topological polar surface area (TPSA) is 34.0 Å². The van der Waals surface area contributed by atoms with Crippen molar-refractivity contribution in [2.75, 3.05) is 6.54 Å². The number of carbonyl (C=O) groups is 1.